The molecule has 5 rings (SSSR count). The van der Waals surface area contributed by atoms with Gasteiger partial charge in [-0.25, -0.2) is 8.42 Å². The molecule has 1 N–H and O–H groups in total. The van der Waals surface area contributed by atoms with E-state index in [2.05, 4.69) is 66.5 Å². The molecule has 2 saturated heterocycles. The van der Waals surface area contributed by atoms with E-state index in [0.717, 1.165) is 19.4 Å². The van der Waals surface area contributed by atoms with E-state index < -0.39 is 10.0 Å². The third-order valence-electron chi connectivity index (χ3n) is 8.81. The number of carbonyl (C=O) groups excluding carboxylic acids is 1. The van der Waals surface area contributed by atoms with Crippen molar-refractivity contribution in [1.29, 1.82) is 0 Å². The number of methoxy groups -OCH3 is 1. The molecule has 2 aliphatic rings. The highest BCUT2D eigenvalue weighted by Crippen LogP contribution is 2.43. The molecule has 0 spiro atoms. The summed E-state index contributed by atoms with van der Waals surface area (Å²) in [5, 5.41) is 2.74. The Morgan fingerprint density at radius 1 is 0.976 bits per heavy atom. The molecule has 1 amide bonds. The van der Waals surface area contributed by atoms with Gasteiger partial charge in [0.15, 0.2) is 0 Å². The molecule has 2 heterocycles. The number of hydrogen-bond acceptors (Lipinski definition) is 5. The lowest BCUT2D eigenvalue weighted by Gasteiger charge is -2.57. The fourth-order valence-corrected chi connectivity index (χ4v) is 8.29. The number of amides is 1. The van der Waals surface area contributed by atoms with E-state index in [-0.39, 0.29) is 23.9 Å². The van der Waals surface area contributed by atoms with Crippen molar-refractivity contribution in [2.24, 2.45) is 0 Å². The van der Waals surface area contributed by atoms with Crippen molar-refractivity contribution < 1.29 is 17.9 Å². The summed E-state index contributed by atoms with van der Waals surface area (Å²) in [6.45, 7) is 9.99. The van der Waals surface area contributed by atoms with Crippen molar-refractivity contribution in [2.45, 2.75) is 63.4 Å². The average molecular weight is 576 g/mol. The van der Waals surface area contributed by atoms with E-state index in [4.69, 9.17) is 4.74 Å². The Kier molecular flexibility index (Phi) is 8.66. The fourth-order valence-electron chi connectivity index (χ4n) is 6.59. The van der Waals surface area contributed by atoms with Crippen LogP contribution in [0.2, 0.25) is 0 Å². The minimum absolute atomic E-state index is 0.0655. The van der Waals surface area contributed by atoms with Crippen molar-refractivity contribution in [3.05, 3.63) is 82.9 Å². The van der Waals surface area contributed by atoms with Gasteiger partial charge in [0.25, 0.3) is 0 Å². The Hall–Kier alpha value is -3.04. The van der Waals surface area contributed by atoms with Gasteiger partial charge in [-0.15, -0.1) is 0 Å². The van der Waals surface area contributed by atoms with Gasteiger partial charge < -0.3 is 10.1 Å². The van der Waals surface area contributed by atoms with Crippen LogP contribution in [0.4, 0.5) is 5.69 Å². The Bertz CT molecular complexity index is 1520. The molecule has 8 heteroatoms. The summed E-state index contributed by atoms with van der Waals surface area (Å²) in [5.74, 6) is -0.0193. The van der Waals surface area contributed by atoms with Crippen LogP contribution >= 0.6 is 0 Å². The molecular weight excluding hydrogens is 534 g/mol. The quantitative estimate of drug-likeness (QED) is 0.402. The van der Waals surface area contributed by atoms with Crippen LogP contribution in [0.1, 0.15) is 47.9 Å². The van der Waals surface area contributed by atoms with E-state index in [1.54, 1.807) is 36.5 Å². The monoisotopic (exact) mass is 575 g/mol. The molecule has 218 valence electrons. The van der Waals surface area contributed by atoms with Crippen LogP contribution in [0.5, 0.6) is 0 Å². The van der Waals surface area contributed by atoms with Crippen LogP contribution in [0.25, 0.3) is 11.1 Å². The number of nitrogens with zero attached hydrogens (tertiary/aromatic N) is 2. The number of sulfonamides is 1. The number of benzene rings is 3. The maximum atomic E-state index is 14.0. The number of ether oxygens (including phenoxy) is 1. The Morgan fingerprint density at radius 3 is 2.39 bits per heavy atom. The molecular formula is C33H41N3O4S. The largest absolute Gasteiger partial charge is 0.383 e. The summed E-state index contributed by atoms with van der Waals surface area (Å²) in [4.78, 5) is 14.2. The Morgan fingerprint density at radius 2 is 1.71 bits per heavy atom. The molecule has 0 saturated carbocycles. The molecule has 7 nitrogen and oxygen atoms in total. The predicted octanol–water partition coefficient (Wildman–Crippen LogP) is 5.50. The van der Waals surface area contributed by atoms with Crippen LogP contribution in [0.3, 0.4) is 0 Å². The summed E-state index contributed by atoms with van der Waals surface area (Å²) in [5.41, 5.74) is 7.43. The maximum absolute atomic E-state index is 14.0. The van der Waals surface area contributed by atoms with E-state index in [1.807, 2.05) is 0 Å². The van der Waals surface area contributed by atoms with Crippen molar-refractivity contribution in [2.75, 3.05) is 38.7 Å². The highest BCUT2D eigenvalue weighted by Gasteiger charge is 2.50. The predicted molar refractivity (Wildman–Crippen MR) is 164 cm³/mol. The number of carbonyl (C=O) groups is 1. The van der Waals surface area contributed by atoms with Gasteiger partial charge in [0.05, 0.1) is 11.5 Å². The van der Waals surface area contributed by atoms with Crippen LogP contribution in [0.15, 0.2) is 65.6 Å². The average Bonchev–Trinajstić information content (AvgIpc) is 2.91. The lowest BCUT2D eigenvalue weighted by atomic mass is 9.74. The number of aryl methyl sites for hydroxylation is 2. The van der Waals surface area contributed by atoms with Crippen molar-refractivity contribution >= 4 is 21.6 Å². The minimum atomic E-state index is -3.72. The third-order valence-corrected chi connectivity index (χ3v) is 10.8. The minimum Gasteiger partial charge on any atom is -0.383 e. The summed E-state index contributed by atoms with van der Waals surface area (Å²) < 4.78 is 35.3. The van der Waals surface area contributed by atoms with Gasteiger partial charge in [0.2, 0.25) is 15.9 Å². The normalized spacial score (nSPS) is 21.8. The molecule has 1 unspecified atom stereocenters. The second kappa shape index (κ2) is 12.1. The molecule has 0 bridgehead atoms. The van der Waals surface area contributed by atoms with Crippen LogP contribution in [0, 0.1) is 20.8 Å². The number of hydrogen-bond donors (Lipinski definition) is 1. The summed E-state index contributed by atoms with van der Waals surface area (Å²) in [7, 11) is -1.99. The van der Waals surface area contributed by atoms with Gasteiger partial charge in [-0.3, -0.25) is 9.69 Å². The molecule has 2 aliphatic heterocycles. The lowest BCUT2D eigenvalue weighted by molar-refractivity contribution is -0.114. The first-order valence-electron chi connectivity index (χ1n) is 14.4. The fraction of sp³-hybridized carbons (Fsp3) is 0.424. The standard InChI is InChI=1S/C33H41N3O4S/c1-22-9-8-10-29(24(22)3)26-11-13-27(14-12-26)33-30-20-35(17-6-7-18-36(30)31(33)21-40-5)41(38,39)32-16-15-28(19-23(32)2)34-25(4)37/h8-16,19,30-31,33H,6-7,17-18,20-21H2,1-5H3,(H,34,37)/t30-,31?,33-/m0/s1. The second-order valence-corrected chi connectivity index (χ2v) is 13.4. The zero-order chi connectivity index (χ0) is 29.3. The molecule has 41 heavy (non-hydrogen) atoms. The van der Waals surface area contributed by atoms with Crippen molar-refractivity contribution in [1.82, 2.24) is 9.21 Å². The Balaban J connectivity index is 1.43. The first-order valence-corrected chi connectivity index (χ1v) is 15.9. The molecule has 3 atom stereocenters. The van der Waals surface area contributed by atoms with Gasteiger partial charge in [0, 0.05) is 50.8 Å². The summed E-state index contributed by atoms with van der Waals surface area (Å²) >= 11 is 0. The first-order chi connectivity index (χ1) is 19.6. The number of rotatable bonds is 7. The maximum Gasteiger partial charge on any atom is 0.243 e. The van der Waals surface area contributed by atoms with Gasteiger partial charge >= 0.3 is 0 Å². The van der Waals surface area contributed by atoms with Gasteiger partial charge in [-0.1, -0.05) is 42.5 Å². The highest BCUT2D eigenvalue weighted by molar-refractivity contribution is 7.89. The van der Waals surface area contributed by atoms with E-state index in [1.165, 1.54) is 34.7 Å². The first kappa shape index (κ1) is 29.5. The van der Waals surface area contributed by atoms with Gasteiger partial charge in [0.1, 0.15) is 0 Å². The smallest absolute Gasteiger partial charge is 0.243 e. The van der Waals surface area contributed by atoms with Crippen LogP contribution in [-0.2, 0) is 19.6 Å². The summed E-state index contributed by atoms with van der Waals surface area (Å²) in [6, 6.07) is 20.5. The Labute approximate surface area is 244 Å². The van der Waals surface area contributed by atoms with Crippen LogP contribution < -0.4 is 5.32 Å². The lowest BCUT2D eigenvalue weighted by Crippen LogP contribution is -2.68. The SMILES string of the molecule is COCC1[C@@H](c2ccc(-c3cccc(C)c3C)cc2)[C@@H]2CN(S(=O)(=O)c3ccc(NC(C)=O)cc3C)CCCCN12. The number of anilines is 1. The molecule has 2 fully saturated rings. The van der Waals surface area contributed by atoms with Crippen LogP contribution in [-0.4, -0.2) is 69.0 Å². The molecule has 0 aromatic heterocycles. The van der Waals surface area contributed by atoms with Crippen molar-refractivity contribution in [3.8, 4) is 11.1 Å². The summed E-state index contributed by atoms with van der Waals surface area (Å²) in [6.07, 6.45) is 1.74. The van der Waals surface area contributed by atoms with E-state index >= 15 is 0 Å². The molecule has 3 aromatic carbocycles. The number of fused-ring (bicyclic) bond motifs is 1. The molecule has 0 radical (unpaired) electrons. The topological polar surface area (TPSA) is 79.0 Å². The second-order valence-electron chi connectivity index (χ2n) is 11.5. The van der Waals surface area contributed by atoms with Gasteiger partial charge in [-0.2, -0.15) is 4.31 Å². The third kappa shape index (κ3) is 5.84. The van der Waals surface area contributed by atoms with E-state index in [0.29, 0.717) is 35.8 Å². The van der Waals surface area contributed by atoms with Crippen molar-refractivity contribution in [3.63, 3.8) is 0 Å². The van der Waals surface area contributed by atoms with Gasteiger partial charge in [-0.05, 0) is 91.7 Å². The number of nitrogens with one attached hydrogen (secondary N) is 1. The van der Waals surface area contributed by atoms with E-state index in [9.17, 15) is 13.2 Å². The highest BCUT2D eigenvalue weighted by atomic mass is 32.2. The molecule has 0 aliphatic carbocycles. The zero-order valence-electron chi connectivity index (χ0n) is 24.7. The zero-order valence-corrected chi connectivity index (χ0v) is 25.5. The molecule has 3 aromatic rings.